The van der Waals surface area contributed by atoms with Crippen molar-refractivity contribution in [2.24, 2.45) is 7.05 Å². The van der Waals surface area contributed by atoms with E-state index in [1.165, 1.54) is 0 Å². The zero-order chi connectivity index (χ0) is 12.3. The monoisotopic (exact) mass is 233 g/mol. The summed E-state index contributed by atoms with van der Waals surface area (Å²) in [5.74, 6) is 0.521. The molecule has 0 aliphatic carbocycles. The smallest absolute Gasteiger partial charge is 0.237 e. The zero-order valence-electron chi connectivity index (χ0n) is 10.1. The van der Waals surface area contributed by atoms with E-state index in [1.54, 1.807) is 32.0 Å². The van der Waals surface area contributed by atoms with Crippen LogP contribution in [0.1, 0.15) is 17.4 Å². The average molecular weight is 233 g/mol. The summed E-state index contributed by atoms with van der Waals surface area (Å²) in [7, 11) is 5.39. The molecular weight excluding hydrogens is 218 g/mol. The summed E-state index contributed by atoms with van der Waals surface area (Å²) in [6.07, 6.45) is 6.81. The zero-order valence-corrected chi connectivity index (χ0v) is 10.1. The van der Waals surface area contributed by atoms with Crippen molar-refractivity contribution in [2.75, 3.05) is 14.2 Å². The van der Waals surface area contributed by atoms with Gasteiger partial charge in [-0.25, -0.2) is 9.97 Å². The largest absolute Gasteiger partial charge is 0.480 e. The van der Waals surface area contributed by atoms with E-state index in [4.69, 9.17) is 4.74 Å². The second kappa shape index (κ2) is 4.92. The minimum Gasteiger partial charge on any atom is -0.480 e. The van der Waals surface area contributed by atoms with Gasteiger partial charge in [-0.15, -0.1) is 0 Å². The third-order valence-corrected chi connectivity index (χ3v) is 2.60. The van der Waals surface area contributed by atoms with Gasteiger partial charge in [0.05, 0.1) is 31.4 Å². The molecule has 0 saturated heterocycles. The van der Waals surface area contributed by atoms with Gasteiger partial charge in [0.25, 0.3) is 0 Å². The highest BCUT2D eigenvalue weighted by atomic mass is 16.5. The van der Waals surface area contributed by atoms with Gasteiger partial charge in [0.2, 0.25) is 5.88 Å². The van der Waals surface area contributed by atoms with Crippen LogP contribution in [0.3, 0.4) is 0 Å². The second-order valence-electron chi connectivity index (χ2n) is 3.60. The number of imidazole rings is 1. The molecule has 1 atom stereocenters. The fourth-order valence-corrected chi connectivity index (χ4v) is 1.76. The van der Waals surface area contributed by atoms with E-state index in [1.807, 2.05) is 18.7 Å². The Labute approximate surface area is 99.7 Å². The van der Waals surface area contributed by atoms with Crippen molar-refractivity contribution < 1.29 is 4.74 Å². The number of methoxy groups -OCH3 is 1. The Morgan fingerprint density at radius 3 is 2.71 bits per heavy atom. The van der Waals surface area contributed by atoms with E-state index in [9.17, 15) is 0 Å². The molecular formula is C11H15N5O. The molecule has 0 aliphatic rings. The molecule has 2 aromatic rings. The Hall–Kier alpha value is -1.95. The van der Waals surface area contributed by atoms with Crippen LogP contribution in [-0.4, -0.2) is 33.7 Å². The van der Waals surface area contributed by atoms with Gasteiger partial charge in [0.1, 0.15) is 5.69 Å². The lowest BCUT2D eigenvalue weighted by molar-refractivity contribution is 0.383. The van der Waals surface area contributed by atoms with E-state index in [0.29, 0.717) is 5.88 Å². The van der Waals surface area contributed by atoms with Gasteiger partial charge in [-0.05, 0) is 7.05 Å². The van der Waals surface area contributed by atoms with E-state index in [2.05, 4.69) is 20.3 Å². The first-order valence-electron chi connectivity index (χ1n) is 5.26. The van der Waals surface area contributed by atoms with Gasteiger partial charge >= 0.3 is 0 Å². The maximum absolute atomic E-state index is 5.22. The minimum absolute atomic E-state index is 0.0915. The predicted octanol–water partition coefficient (Wildman–Crippen LogP) is 0.527. The summed E-state index contributed by atoms with van der Waals surface area (Å²) in [6, 6.07) is -0.0915. The van der Waals surface area contributed by atoms with Crippen LogP contribution in [0.25, 0.3) is 0 Å². The Bertz CT molecular complexity index is 496. The summed E-state index contributed by atoms with van der Waals surface area (Å²) < 4.78 is 7.16. The molecule has 0 radical (unpaired) electrons. The first kappa shape index (κ1) is 11.5. The first-order chi connectivity index (χ1) is 8.27. The molecule has 0 aliphatic heterocycles. The van der Waals surface area contributed by atoms with Crippen molar-refractivity contribution in [3.8, 4) is 5.88 Å². The lowest BCUT2D eigenvalue weighted by Crippen LogP contribution is -2.22. The number of aromatic nitrogens is 4. The summed E-state index contributed by atoms with van der Waals surface area (Å²) in [4.78, 5) is 12.6. The molecule has 0 fully saturated rings. The standard InChI is InChI=1S/C11H15N5O/c1-12-9(8-6-13-7-16(8)2)10-11(17-3)15-5-4-14-10/h4-7,9,12H,1-3H3. The third kappa shape index (κ3) is 2.12. The Balaban J connectivity index is 2.46. The van der Waals surface area contributed by atoms with Crippen LogP contribution in [0.15, 0.2) is 24.9 Å². The van der Waals surface area contributed by atoms with Gasteiger partial charge < -0.3 is 14.6 Å². The number of hydrogen-bond acceptors (Lipinski definition) is 5. The fourth-order valence-electron chi connectivity index (χ4n) is 1.76. The lowest BCUT2D eigenvalue weighted by atomic mass is 10.1. The van der Waals surface area contributed by atoms with E-state index >= 15 is 0 Å². The van der Waals surface area contributed by atoms with Crippen molar-refractivity contribution in [2.45, 2.75) is 6.04 Å². The molecule has 0 aromatic carbocycles. The molecule has 0 amide bonds. The maximum atomic E-state index is 5.22. The highest BCUT2D eigenvalue weighted by Gasteiger charge is 2.21. The SMILES string of the molecule is CNC(c1nccnc1OC)c1cncn1C. The Kier molecular flexibility index (Phi) is 3.34. The number of ether oxygens (including phenoxy) is 1. The normalized spacial score (nSPS) is 12.4. The van der Waals surface area contributed by atoms with E-state index in [-0.39, 0.29) is 6.04 Å². The molecule has 6 nitrogen and oxygen atoms in total. The van der Waals surface area contributed by atoms with Crippen molar-refractivity contribution in [1.29, 1.82) is 0 Å². The quantitative estimate of drug-likeness (QED) is 0.834. The molecule has 2 rings (SSSR count). The molecule has 0 bridgehead atoms. The summed E-state index contributed by atoms with van der Waals surface area (Å²) in [5.41, 5.74) is 1.76. The Morgan fingerprint density at radius 2 is 2.12 bits per heavy atom. The number of nitrogens with zero attached hydrogens (tertiary/aromatic N) is 4. The highest BCUT2D eigenvalue weighted by Crippen LogP contribution is 2.25. The maximum Gasteiger partial charge on any atom is 0.237 e. The topological polar surface area (TPSA) is 64.9 Å². The number of nitrogens with one attached hydrogen (secondary N) is 1. The third-order valence-electron chi connectivity index (χ3n) is 2.60. The molecule has 2 aromatic heterocycles. The molecule has 1 N–H and O–H groups in total. The minimum atomic E-state index is -0.0915. The van der Waals surface area contributed by atoms with Crippen molar-refractivity contribution in [3.63, 3.8) is 0 Å². The molecule has 17 heavy (non-hydrogen) atoms. The van der Waals surface area contributed by atoms with Crippen LogP contribution in [0.2, 0.25) is 0 Å². The van der Waals surface area contributed by atoms with Crippen LogP contribution < -0.4 is 10.1 Å². The van der Waals surface area contributed by atoms with Crippen LogP contribution in [0, 0.1) is 0 Å². The molecule has 2 heterocycles. The first-order valence-corrected chi connectivity index (χ1v) is 5.26. The van der Waals surface area contributed by atoms with Gasteiger partial charge in [-0.3, -0.25) is 4.98 Å². The molecule has 0 saturated carbocycles. The second-order valence-corrected chi connectivity index (χ2v) is 3.60. The van der Waals surface area contributed by atoms with Crippen LogP contribution >= 0.6 is 0 Å². The van der Waals surface area contributed by atoms with Crippen molar-refractivity contribution in [3.05, 3.63) is 36.3 Å². The number of rotatable bonds is 4. The lowest BCUT2D eigenvalue weighted by Gasteiger charge is -2.17. The van der Waals surface area contributed by atoms with E-state index < -0.39 is 0 Å². The molecule has 0 spiro atoms. The van der Waals surface area contributed by atoms with Crippen molar-refractivity contribution in [1.82, 2.24) is 24.8 Å². The van der Waals surface area contributed by atoms with Gasteiger partial charge in [0.15, 0.2) is 0 Å². The van der Waals surface area contributed by atoms with Gasteiger partial charge in [-0.1, -0.05) is 0 Å². The molecule has 1 unspecified atom stereocenters. The molecule has 6 heteroatoms. The fraction of sp³-hybridized carbons (Fsp3) is 0.364. The van der Waals surface area contributed by atoms with E-state index in [0.717, 1.165) is 11.4 Å². The summed E-state index contributed by atoms with van der Waals surface area (Å²) >= 11 is 0. The van der Waals surface area contributed by atoms with Crippen LogP contribution in [0.4, 0.5) is 0 Å². The number of aryl methyl sites for hydroxylation is 1. The summed E-state index contributed by atoms with van der Waals surface area (Å²) in [6.45, 7) is 0. The summed E-state index contributed by atoms with van der Waals surface area (Å²) in [5, 5.41) is 3.19. The molecule has 90 valence electrons. The van der Waals surface area contributed by atoms with Gasteiger partial charge in [-0.2, -0.15) is 0 Å². The van der Waals surface area contributed by atoms with Gasteiger partial charge in [0, 0.05) is 19.4 Å². The average Bonchev–Trinajstić information content (AvgIpc) is 2.78. The highest BCUT2D eigenvalue weighted by molar-refractivity contribution is 5.28. The van der Waals surface area contributed by atoms with Crippen LogP contribution in [-0.2, 0) is 7.05 Å². The number of hydrogen-bond donors (Lipinski definition) is 1. The Morgan fingerprint density at radius 1 is 1.35 bits per heavy atom. The van der Waals surface area contributed by atoms with Crippen molar-refractivity contribution >= 4 is 0 Å². The predicted molar refractivity (Wildman–Crippen MR) is 62.7 cm³/mol. The van der Waals surface area contributed by atoms with Crippen LogP contribution in [0.5, 0.6) is 5.88 Å².